The van der Waals surface area contributed by atoms with Crippen LogP contribution in [0, 0.1) is 0 Å². The van der Waals surface area contributed by atoms with Crippen molar-refractivity contribution < 1.29 is 0 Å². The lowest BCUT2D eigenvalue weighted by Gasteiger charge is -2.17. The second-order valence-electron chi connectivity index (χ2n) is 6.09. The van der Waals surface area contributed by atoms with E-state index in [1.165, 1.54) is 16.0 Å². The van der Waals surface area contributed by atoms with Crippen molar-refractivity contribution in [2.75, 3.05) is 25.4 Å². The van der Waals surface area contributed by atoms with E-state index in [2.05, 4.69) is 39.2 Å². The molecule has 2 aromatic heterocycles. The zero-order valence-corrected chi connectivity index (χ0v) is 14.3. The fraction of sp³-hybridized carbons (Fsp3) is 0.263. The number of pyridine rings is 1. The molecule has 0 radical (unpaired) electrons. The van der Waals surface area contributed by atoms with Crippen LogP contribution in [-0.4, -0.2) is 34.5 Å². The summed E-state index contributed by atoms with van der Waals surface area (Å²) in [7, 11) is 0. The van der Waals surface area contributed by atoms with Gasteiger partial charge in [-0.1, -0.05) is 30.4 Å². The maximum atomic E-state index is 5.80. The van der Waals surface area contributed by atoms with E-state index >= 15 is 0 Å². The molecule has 4 rings (SSSR count). The first-order valence-corrected chi connectivity index (χ1v) is 9.07. The number of aromatic nitrogens is 2. The van der Waals surface area contributed by atoms with E-state index in [1.54, 1.807) is 11.3 Å². The molecule has 0 bridgehead atoms. The average Bonchev–Trinajstić information content (AvgIpc) is 2.86. The Hall–Kier alpha value is -2.24. The molecule has 1 aliphatic heterocycles. The van der Waals surface area contributed by atoms with Crippen molar-refractivity contribution >= 4 is 33.4 Å². The summed E-state index contributed by atoms with van der Waals surface area (Å²) in [6.07, 6.45) is 8.37. The number of nitrogens with two attached hydrogens (primary N) is 1. The molecule has 4 nitrogen and oxygen atoms in total. The lowest BCUT2D eigenvalue weighted by atomic mass is 10.1. The van der Waals surface area contributed by atoms with Gasteiger partial charge in [0.25, 0.3) is 0 Å². The van der Waals surface area contributed by atoms with Gasteiger partial charge in [0, 0.05) is 42.5 Å². The normalized spacial score (nSPS) is 15.7. The van der Waals surface area contributed by atoms with Crippen molar-refractivity contribution in [2.45, 2.75) is 12.8 Å². The molecule has 1 aromatic carbocycles. The summed E-state index contributed by atoms with van der Waals surface area (Å²) in [6, 6.07) is 10.4. The Labute approximate surface area is 145 Å². The van der Waals surface area contributed by atoms with Crippen molar-refractivity contribution in [3.05, 3.63) is 58.7 Å². The van der Waals surface area contributed by atoms with E-state index in [0.717, 1.165) is 43.6 Å². The van der Waals surface area contributed by atoms with Gasteiger partial charge in [-0.2, -0.15) is 0 Å². The van der Waals surface area contributed by atoms with Crippen molar-refractivity contribution in [1.82, 2.24) is 14.9 Å². The van der Waals surface area contributed by atoms with E-state index in [1.807, 2.05) is 24.4 Å². The lowest BCUT2D eigenvalue weighted by molar-refractivity contribution is 0.318. The molecule has 0 spiro atoms. The third-order valence-corrected chi connectivity index (χ3v) is 5.39. The first kappa shape index (κ1) is 15.3. The summed E-state index contributed by atoms with van der Waals surface area (Å²) in [6.45, 7) is 3.06. The standard InChI is InChI=1S/C19H20N4S/c20-19-22-17-7-10-23(11-8-18(17)24-19)9-3-4-14-12-15-5-1-2-6-16(15)21-13-14/h1-6,12-13H,7-11H2,(H2,20,22). The number of thiazole rings is 1. The molecule has 122 valence electrons. The Morgan fingerprint density at radius 2 is 2.08 bits per heavy atom. The number of nitrogen functional groups attached to an aromatic ring is 1. The van der Waals surface area contributed by atoms with Crippen molar-refractivity contribution in [3.8, 4) is 0 Å². The van der Waals surface area contributed by atoms with Crippen LogP contribution in [0.3, 0.4) is 0 Å². The van der Waals surface area contributed by atoms with Crippen molar-refractivity contribution in [1.29, 1.82) is 0 Å². The van der Waals surface area contributed by atoms with E-state index in [4.69, 9.17) is 5.73 Å². The van der Waals surface area contributed by atoms with E-state index in [9.17, 15) is 0 Å². The Kier molecular flexibility index (Phi) is 4.28. The first-order valence-electron chi connectivity index (χ1n) is 8.26. The maximum absolute atomic E-state index is 5.80. The zero-order valence-electron chi connectivity index (χ0n) is 13.5. The van der Waals surface area contributed by atoms with Crippen LogP contribution in [0.15, 0.2) is 42.6 Å². The predicted molar refractivity (Wildman–Crippen MR) is 101 cm³/mol. The molecular weight excluding hydrogens is 316 g/mol. The monoisotopic (exact) mass is 336 g/mol. The molecule has 1 aliphatic rings. The molecule has 0 atom stereocenters. The fourth-order valence-corrected chi connectivity index (χ4v) is 4.00. The van der Waals surface area contributed by atoms with Gasteiger partial charge >= 0.3 is 0 Å². The molecule has 2 N–H and O–H groups in total. The molecule has 0 fully saturated rings. The highest BCUT2D eigenvalue weighted by Crippen LogP contribution is 2.24. The number of hydrogen-bond acceptors (Lipinski definition) is 5. The van der Waals surface area contributed by atoms with Crippen LogP contribution in [0.1, 0.15) is 16.1 Å². The Morgan fingerprint density at radius 1 is 1.21 bits per heavy atom. The predicted octanol–water partition coefficient (Wildman–Crippen LogP) is 3.39. The molecule has 5 heteroatoms. The first-order chi connectivity index (χ1) is 11.8. The number of para-hydroxylation sites is 1. The maximum Gasteiger partial charge on any atom is 0.180 e. The number of benzene rings is 1. The van der Waals surface area contributed by atoms with Crippen molar-refractivity contribution in [2.24, 2.45) is 0 Å². The third kappa shape index (κ3) is 3.32. The van der Waals surface area contributed by atoms with E-state index < -0.39 is 0 Å². The lowest BCUT2D eigenvalue weighted by Crippen LogP contribution is -2.26. The van der Waals surface area contributed by atoms with Gasteiger partial charge in [-0.05, 0) is 24.1 Å². The largest absolute Gasteiger partial charge is 0.375 e. The number of hydrogen-bond donors (Lipinski definition) is 1. The van der Waals surface area contributed by atoms with Gasteiger partial charge in [-0.25, -0.2) is 4.98 Å². The quantitative estimate of drug-likeness (QED) is 0.796. The minimum atomic E-state index is 0.706. The van der Waals surface area contributed by atoms with Gasteiger partial charge in [-0.3, -0.25) is 9.88 Å². The molecular formula is C19H20N4S. The SMILES string of the molecule is Nc1nc2c(s1)CCN(CC=Cc1cnc3ccccc3c1)CC2. The molecule has 0 amide bonds. The van der Waals surface area contributed by atoms with E-state index in [0.29, 0.717) is 5.13 Å². The van der Waals surface area contributed by atoms with Crippen LogP contribution in [0.25, 0.3) is 17.0 Å². The van der Waals surface area contributed by atoms with Crippen LogP contribution < -0.4 is 5.73 Å². The average molecular weight is 336 g/mol. The number of nitrogens with zero attached hydrogens (tertiary/aromatic N) is 3. The highest BCUT2D eigenvalue weighted by atomic mass is 32.1. The van der Waals surface area contributed by atoms with E-state index in [-0.39, 0.29) is 0 Å². The zero-order chi connectivity index (χ0) is 16.4. The summed E-state index contributed by atoms with van der Waals surface area (Å²) in [5.74, 6) is 0. The summed E-state index contributed by atoms with van der Waals surface area (Å²) in [5, 5.41) is 1.89. The van der Waals surface area contributed by atoms with Gasteiger partial charge in [0.05, 0.1) is 11.2 Å². The van der Waals surface area contributed by atoms with Gasteiger partial charge in [0.15, 0.2) is 5.13 Å². The molecule has 0 unspecified atom stereocenters. The second-order valence-corrected chi connectivity index (χ2v) is 7.20. The Morgan fingerprint density at radius 3 is 3.04 bits per heavy atom. The van der Waals surface area contributed by atoms with Gasteiger partial charge in [-0.15, -0.1) is 11.3 Å². The molecule has 3 heterocycles. The second kappa shape index (κ2) is 6.71. The summed E-state index contributed by atoms with van der Waals surface area (Å²) in [5.41, 5.74) is 9.19. The third-order valence-electron chi connectivity index (χ3n) is 4.40. The highest BCUT2D eigenvalue weighted by molar-refractivity contribution is 7.15. The van der Waals surface area contributed by atoms with Crippen LogP contribution in [0.4, 0.5) is 5.13 Å². The van der Waals surface area contributed by atoms with Gasteiger partial charge in [0.1, 0.15) is 0 Å². The van der Waals surface area contributed by atoms with Gasteiger partial charge in [0.2, 0.25) is 0 Å². The van der Waals surface area contributed by atoms with Crippen molar-refractivity contribution in [3.63, 3.8) is 0 Å². The molecule has 0 aliphatic carbocycles. The van der Waals surface area contributed by atoms with Crippen LogP contribution in [0.2, 0.25) is 0 Å². The number of rotatable bonds is 3. The Bertz CT molecular complexity index is 858. The van der Waals surface area contributed by atoms with Crippen LogP contribution >= 0.6 is 11.3 Å². The molecule has 3 aromatic rings. The smallest absolute Gasteiger partial charge is 0.180 e. The minimum absolute atomic E-state index is 0.706. The van der Waals surface area contributed by atoms with Crippen LogP contribution in [0.5, 0.6) is 0 Å². The molecule has 24 heavy (non-hydrogen) atoms. The molecule has 0 saturated heterocycles. The minimum Gasteiger partial charge on any atom is -0.375 e. The van der Waals surface area contributed by atoms with Crippen LogP contribution in [-0.2, 0) is 12.8 Å². The summed E-state index contributed by atoms with van der Waals surface area (Å²) >= 11 is 1.64. The Balaban J connectivity index is 1.39. The van der Waals surface area contributed by atoms with Gasteiger partial charge < -0.3 is 5.73 Å². The molecule has 0 saturated carbocycles. The summed E-state index contributed by atoms with van der Waals surface area (Å²) in [4.78, 5) is 12.8. The number of fused-ring (bicyclic) bond motifs is 2. The highest BCUT2D eigenvalue weighted by Gasteiger charge is 2.16. The fourth-order valence-electron chi connectivity index (χ4n) is 3.13. The summed E-state index contributed by atoms with van der Waals surface area (Å²) < 4.78 is 0. The number of anilines is 1. The topological polar surface area (TPSA) is 55.0 Å².